The molecule has 3 unspecified atom stereocenters. The second-order valence-corrected chi connectivity index (χ2v) is 15.4. The van der Waals surface area contributed by atoms with Gasteiger partial charge in [0.05, 0.1) is 31.1 Å². The molecule has 0 aliphatic carbocycles. The summed E-state index contributed by atoms with van der Waals surface area (Å²) in [5.74, 6) is -2.74. The summed E-state index contributed by atoms with van der Waals surface area (Å²) in [6, 6.07) is 2.52. The predicted octanol–water partition coefficient (Wildman–Crippen LogP) is 4.38. The van der Waals surface area contributed by atoms with Crippen LogP contribution in [0.15, 0.2) is 35.9 Å². The van der Waals surface area contributed by atoms with E-state index in [1.54, 1.807) is 38.1 Å². The van der Waals surface area contributed by atoms with Crippen LogP contribution in [0.4, 0.5) is 10.5 Å². The van der Waals surface area contributed by atoms with E-state index in [2.05, 4.69) is 17.9 Å². The Morgan fingerprint density at radius 2 is 1.90 bits per heavy atom. The molecule has 2 saturated heterocycles. The number of carbonyl (C=O) groups is 4. The van der Waals surface area contributed by atoms with Crippen LogP contribution in [0.1, 0.15) is 72.3 Å². The summed E-state index contributed by atoms with van der Waals surface area (Å²) in [6.45, 7) is 10.2. The van der Waals surface area contributed by atoms with Crippen molar-refractivity contribution in [3.8, 4) is 5.75 Å². The molecule has 0 aromatic heterocycles. The number of esters is 1. The first-order valence-corrected chi connectivity index (χ1v) is 18.4. The number of nitrogens with one attached hydrogen (secondary N) is 1. The van der Waals surface area contributed by atoms with Gasteiger partial charge in [0.25, 0.3) is 5.91 Å². The minimum atomic E-state index is -1.87. The van der Waals surface area contributed by atoms with Crippen molar-refractivity contribution in [3.05, 3.63) is 46.5 Å². The molecular formula is C37H52ClN3O10S. The summed E-state index contributed by atoms with van der Waals surface area (Å²) in [4.78, 5) is 56.2. The number of thiol groups is 1. The quantitative estimate of drug-likeness (QED) is 0.178. The first-order chi connectivity index (χ1) is 24.2. The van der Waals surface area contributed by atoms with Gasteiger partial charge in [-0.2, -0.15) is 12.6 Å². The minimum absolute atomic E-state index is 0.0914. The fraction of sp³-hybridized carbons (Fsp3) is 0.622. The average molecular weight is 766 g/mol. The Morgan fingerprint density at radius 3 is 2.52 bits per heavy atom. The monoisotopic (exact) mass is 765 g/mol. The molecule has 2 fully saturated rings. The SMILES string of the molecule is COc1cc2cc(c1Cl)N(C)C(=O)C(OC(=O)[C@H](C)N(C)C(=O)CCS)C[C@@]1(C)O[C@H]1[C@H](C)[C@]1(C)C[C@@](O)(NC(=O)O1)C(CO)/C=C/C=C(\C)C2C. The molecule has 4 rings (SSSR count). The van der Waals surface area contributed by atoms with Gasteiger partial charge in [-0.1, -0.05) is 49.2 Å². The Hall–Kier alpha value is -3.30. The van der Waals surface area contributed by atoms with Crippen LogP contribution in [0.3, 0.4) is 0 Å². The zero-order valence-corrected chi connectivity index (χ0v) is 32.9. The molecular weight excluding hydrogens is 714 g/mol. The number of fused-ring (bicyclic) bond motifs is 5. The number of ether oxygens (including phenoxy) is 4. The van der Waals surface area contributed by atoms with E-state index in [-0.39, 0.29) is 36.1 Å². The lowest BCUT2D eigenvalue weighted by Crippen LogP contribution is -2.65. The van der Waals surface area contributed by atoms with Crippen molar-refractivity contribution in [1.82, 2.24) is 10.2 Å². The molecule has 1 aromatic rings. The van der Waals surface area contributed by atoms with Gasteiger partial charge in [0.15, 0.2) is 11.8 Å². The summed E-state index contributed by atoms with van der Waals surface area (Å²) >= 11 is 10.9. The number of allylic oxidation sites excluding steroid dienone is 3. The van der Waals surface area contributed by atoms with Crippen molar-refractivity contribution < 1.29 is 48.3 Å². The lowest BCUT2D eigenvalue weighted by Gasteiger charge is -2.48. The molecule has 3 aliphatic rings. The zero-order chi connectivity index (χ0) is 38.9. The second-order valence-electron chi connectivity index (χ2n) is 14.6. The maximum atomic E-state index is 14.5. The number of hydrogen-bond acceptors (Lipinski definition) is 11. The van der Waals surface area contributed by atoms with Crippen molar-refractivity contribution in [2.45, 2.75) is 102 Å². The van der Waals surface area contributed by atoms with Crippen molar-refractivity contribution >= 4 is 53.8 Å². The molecule has 3 amide bonds. The number of rotatable bonds is 7. The highest BCUT2D eigenvalue weighted by atomic mass is 35.5. The Bertz CT molecular complexity index is 1620. The molecule has 15 heteroatoms. The van der Waals surface area contributed by atoms with E-state index in [9.17, 15) is 29.4 Å². The summed E-state index contributed by atoms with van der Waals surface area (Å²) in [5.41, 5.74) is -2.22. The fourth-order valence-electron chi connectivity index (χ4n) is 7.01. The molecule has 13 nitrogen and oxygen atoms in total. The Morgan fingerprint density at radius 1 is 1.23 bits per heavy atom. The molecule has 0 spiro atoms. The topological polar surface area (TPSA) is 167 Å². The van der Waals surface area contributed by atoms with Gasteiger partial charge in [-0.15, -0.1) is 0 Å². The van der Waals surface area contributed by atoms with Gasteiger partial charge >= 0.3 is 12.1 Å². The molecule has 4 bridgehead atoms. The summed E-state index contributed by atoms with van der Waals surface area (Å²) in [5, 5.41) is 24.9. The number of halogens is 1. The van der Waals surface area contributed by atoms with Crippen LogP contribution in [-0.4, -0.2) is 108 Å². The van der Waals surface area contributed by atoms with E-state index in [1.165, 1.54) is 37.9 Å². The highest BCUT2D eigenvalue weighted by molar-refractivity contribution is 7.80. The van der Waals surface area contributed by atoms with Gasteiger partial charge in [-0.05, 0) is 51.1 Å². The van der Waals surface area contributed by atoms with Gasteiger partial charge in [0.1, 0.15) is 22.4 Å². The summed E-state index contributed by atoms with van der Waals surface area (Å²) in [6.07, 6.45) is 2.26. The third-order valence-corrected chi connectivity index (χ3v) is 11.6. The molecule has 3 heterocycles. The van der Waals surface area contributed by atoms with Gasteiger partial charge in [-0.3, -0.25) is 14.9 Å². The number of epoxide rings is 1. The van der Waals surface area contributed by atoms with E-state index in [4.69, 9.17) is 30.5 Å². The molecule has 0 saturated carbocycles. The van der Waals surface area contributed by atoms with Crippen molar-refractivity contribution in [3.63, 3.8) is 0 Å². The predicted molar refractivity (Wildman–Crippen MR) is 199 cm³/mol. The third-order valence-electron chi connectivity index (χ3n) is 11.0. The number of alkyl carbamates (subject to hydrolysis) is 1. The number of aliphatic hydroxyl groups is 2. The number of benzene rings is 1. The lowest BCUT2D eigenvalue weighted by atomic mass is 9.74. The van der Waals surface area contributed by atoms with Gasteiger partial charge in [0.2, 0.25) is 5.91 Å². The smallest absolute Gasteiger partial charge is 0.409 e. The maximum absolute atomic E-state index is 14.5. The number of likely N-dealkylation sites (N-methyl/N-ethyl adjacent to an activating group) is 2. The first kappa shape index (κ1) is 41.5. The molecule has 9 atom stereocenters. The summed E-state index contributed by atoms with van der Waals surface area (Å²) in [7, 11) is 4.48. The number of hydrogen-bond donors (Lipinski definition) is 4. The number of aliphatic hydroxyl groups excluding tert-OH is 1. The molecule has 0 radical (unpaired) electrons. The van der Waals surface area contributed by atoms with E-state index in [0.717, 1.165) is 11.1 Å². The zero-order valence-electron chi connectivity index (χ0n) is 31.3. The van der Waals surface area contributed by atoms with Crippen molar-refractivity contribution in [2.24, 2.45) is 11.8 Å². The molecule has 3 aliphatic heterocycles. The normalized spacial score (nSPS) is 34.4. The number of anilines is 1. The number of methoxy groups -OCH3 is 1. The number of nitrogens with zero attached hydrogens (tertiary/aromatic N) is 2. The summed E-state index contributed by atoms with van der Waals surface area (Å²) < 4.78 is 23.6. The van der Waals surface area contributed by atoms with E-state index in [1.807, 2.05) is 26.8 Å². The maximum Gasteiger partial charge on any atom is 0.409 e. The highest BCUT2D eigenvalue weighted by Crippen LogP contribution is 2.51. The lowest BCUT2D eigenvalue weighted by molar-refractivity contribution is -0.162. The van der Waals surface area contributed by atoms with Crippen molar-refractivity contribution in [2.75, 3.05) is 38.5 Å². The first-order valence-electron chi connectivity index (χ1n) is 17.3. The van der Waals surface area contributed by atoms with Crippen LogP contribution in [-0.2, 0) is 28.6 Å². The molecule has 288 valence electrons. The molecule has 52 heavy (non-hydrogen) atoms. The van der Waals surface area contributed by atoms with Crippen LogP contribution in [0.25, 0.3) is 0 Å². The highest BCUT2D eigenvalue weighted by Gasteiger charge is 2.64. The largest absolute Gasteiger partial charge is 0.495 e. The van der Waals surface area contributed by atoms with Crippen LogP contribution in [0.2, 0.25) is 5.02 Å². The van der Waals surface area contributed by atoms with Crippen molar-refractivity contribution in [1.29, 1.82) is 0 Å². The third kappa shape index (κ3) is 8.41. The standard InChI is InChI=1S/C37H52ClN3O10S/c1-20-11-10-12-25(18-42)37(47)19-36(6,51-34(46)39-37)22(3)31-35(5,50-31)17-28(49-33(45)23(4)40(7)29(43)13-14-52)32(44)41(8)26-15-24(21(20)2)16-27(48-9)30(26)38/h10-12,15-16,21-23,25,28,31,42,47,52H,13-14,17-19H2,1-9H3,(H,39,46)/b12-10+,20-11+/t21?,22-,23-,25?,28?,31-,35+,36-,37-/m0/s1. The Labute approximate surface area is 316 Å². The van der Waals surface area contributed by atoms with Gasteiger partial charge in [0, 0.05) is 51.1 Å². The van der Waals surface area contributed by atoms with Crippen LogP contribution >= 0.6 is 24.2 Å². The Kier molecular flexibility index (Phi) is 12.7. The van der Waals surface area contributed by atoms with Gasteiger partial charge in [-0.25, -0.2) is 9.59 Å². The van der Waals surface area contributed by atoms with Crippen LogP contribution in [0, 0.1) is 11.8 Å². The second kappa shape index (κ2) is 16.0. The van der Waals surface area contributed by atoms with E-state index >= 15 is 0 Å². The van der Waals surface area contributed by atoms with Gasteiger partial charge < -0.3 is 39.0 Å². The van der Waals surface area contributed by atoms with Crippen LogP contribution < -0.4 is 15.0 Å². The minimum Gasteiger partial charge on any atom is -0.495 e. The molecule has 3 N–H and O–H groups in total. The number of amides is 3. The van der Waals surface area contributed by atoms with E-state index in [0.29, 0.717) is 17.2 Å². The molecule has 1 aromatic carbocycles. The fourth-order valence-corrected chi connectivity index (χ4v) is 7.52. The Balaban J connectivity index is 1.84. The average Bonchev–Trinajstić information content (AvgIpc) is 3.76. The van der Waals surface area contributed by atoms with E-state index < -0.39 is 71.6 Å². The van der Waals surface area contributed by atoms with Crippen LogP contribution in [0.5, 0.6) is 5.75 Å². The number of carbonyl (C=O) groups excluding carboxylic acids is 4.